The third-order valence-electron chi connectivity index (χ3n) is 7.71. The Labute approximate surface area is 176 Å². The van der Waals surface area contributed by atoms with E-state index in [9.17, 15) is 9.59 Å². The van der Waals surface area contributed by atoms with Crippen LogP contribution in [0.4, 0.5) is 5.69 Å². The molecule has 1 aliphatic heterocycles. The van der Waals surface area contributed by atoms with Gasteiger partial charge < -0.3 is 0 Å². The number of imide groups is 1. The molecule has 2 atom stereocenters. The Morgan fingerprint density at radius 2 is 1.37 bits per heavy atom. The van der Waals surface area contributed by atoms with Crippen LogP contribution in [0.2, 0.25) is 0 Å². The van der Waals surface area contributed by atoms with E-state index in [1.807, 2.05) is 31.2 Å². The number of hydrogen-bond donors (Lipinski definition) is 0. The van der Waals surface area contributed by atoms with Gasteiger partial charge in [0.05, 0.1) is 17.5 Å². The first-order chi connectivity index (χ1) is 14.6. The summed E-state index contributed by atoms with van der Waals surface area (Å²) in [5, 5.41) is 0. The maximum Gasteiger partial charge on any atom is 0.238 e. The van der Waals surface area contributed by atoms with E-state index in [-0.39, 0.29) is 29.6 Å². The molecule has 1 fully saturated rings. The lowest BCUT2D eigenvalue weighted by Crippen LogP contribution is -2.53. The molecule has 0 N–H and O–H groups in total. The zero-order valence-corrected chi connectivity index (χ0v) is 17.1. The van der Waals surface area contributed by atoms with Gasteiger partial charge in [0.15, 0.2) is 0 Å². The zero-order chi connectivity index (χ0) is 20.6. The number of rotatable bonds is 2. The van der Waals surface area contributed by atoms with Crippen molar-refractivity contribution in [3.63, 3.8) is 0 Å². The number of anilines is 1. The van der Waals surface area contributed by atoms with Gasteiger partial charge in [-0.25, -0.2) is 4.90 Å². The van der Waals surface area contributed by atoms with Crippen LogP contribution in [-0.4, -0.2) is 11.8 Å². The highest BCUT2D eigenvalue weighted by atomic mass is 16.2. The number of benzene rings is 3. The fourth-order valence-electron chi connectivity index (χ4n) is 6.58. The summed E-state index contributed by atoms with van der Waals surface area (Å²) < 4.78 is 0. The second-order valence-electron chi connectivity index (χ2n) is 8.78. The molecule has 3 heteroatoms. The lowest BCUT2D eigenvalue weighted by Gasteiger charge is -2.54. The van der Waals surface area contributed by atoms with E-state index in [0.717, 1.165) is 17.7 Å². The summed E-state index contributed by atoms with van der Waals surface area (Å²) >= 11 is 0. The number of para-hydroxylation sites is 1. The smallest absolute Gasteiger partial charge is 0.238 e. The Bertz CT molecular complexity index is 1180. The molecule has 148 valence electrons. The van der Waals surface area contributed by atoms with Crippen LogP contribution in [0.5, 0.6) is 0 Å². The summed E-state index contributed by atoms with van der Waals surface area (Å²) in [7, 11) is 0. The molecule has 30 heavy (non-hydrogen) atoms. The SMILES string of the molecule is CCC12c3ccccc3C(c3ccccc31)C1C(=O)N(c3ccccc3C)C(=O)C12. The summed E-state index contributed by atoms with van der Waals surface area (Å²) in [6, 6.07) is 24.6. The molecule has 3 aromatic rings. The van der Waals surface area contributed by atoms with E-state index in [4.69, 9.17) is 0 Å². The summed E-state index contributed by atoms with van der Waals surface area (Å²) in [5.74, 6) is -0.867. The molecule has 3 nitrogen and oxygen atoms in total. The zero-order valence-electron chi connectivity index (χ0n) is 17.1. The predicted molar refractivity (Wildman–Crippen MR) is 116 cm³/mol. The number of carbonyl (C=O) groups is 2. The van der Waals surface area contributed by atoms with Crippen molar-refractivity contribution in [2.75, 3.05) is 4.90 Å². The van der Waals surface area contributed by atoms with Gasteiger partial charge in [0.1, 0.15) is 0 Å². The van der Waals surface area contributed by atoms with Crippen LogP contribution in [0.15, 0.2) is 72.8 Å². The first kappa shape index (κ1) is 17.6. The average Bonchev–Trinajstić information content (AvgIpc) is 3.05. The Morgan fingerprint density at radius 3 is 1.97 bits per heavy atom. The van der Waals surface area contributed by atoms with Gasteiger partial charge >= 0.3 is 0 Å². The number of carbonyl (C=O) groups excluding carboxylic acids is 2. The maximum absolute atomic E-state index is 14.0. The van der Waals surface area contributed by atoms with Crippen LogP contribution in [0.3, 0.4) is 0 Å². The molecule has 1 heterocycles. The van der Waals surface area contributed by atoms with E-state index in [0.29, 0.717) is 0 Å². The molecular weight excluding hydrogens is 370 g/mol. The molecule has 0 radical (unpaired) electrons. The highest BCUT2D eigenvalue weighted by Crippen LogP contribution is 2.65. The molecule has 3 aliphatic carbocycles. The lowest BCUT2D eigenvalue weighted by molar-refractivity contribution is -0.123. The highest BCUT2D eigenvalue weighted by molar-refractivity contribution is 6.24. The molecular formula is C27H23NO2. The van der Waals surface area contributed by atoms with E-state index in [1.54, 1.807) is 0 Å². The highest BCUT2D eigenvalue weighted by Gasteiger charge is 2.67. The fraction of sp³-hybridized carbons (Fsp3) is 0.259. The largest absolute Gasteiger partial charge is 0.274 e. The minimum absolute atomic E-state index is 0.0462. The van der Waals surface area contributed by atoms with Gasteiger partial charge in [0.25, 0.3) is 0 Å². The van der Waals surface area contributed by atoms with Crippen molar-refractivity contribution >= 4 is 17.5 Å². The average molecular weight is 393 g/mol. The van der Waals surface area contributed by atoms with Crippen LogP contribution in [0, 0.1) is 18.8 Å². The van der Waals surface area contributed by atoms with Gasteiger partial charge in [-0.2, -0.15) is 0 Å². The molecule has 2 amide bonds. The van der Waals surface area contributed by atoms with Gasteiger partial charge in [0.2, 0.25) is 11.8 Å². The van der Waals surface area contributed by atoms with Gasteiger partial charge in [-0.1, -0.05) is 73.7 Å². The summed E-state index contributed by atoms with van der Waals surface area (Å²) in [6.45, 7) is 4.12. The van der Waals surface area contributed by atoms with Gasteiger partial charge in [-0.3, -0.25) is 9.59 Å². The van der Waals surface area contributed by atoms with Crippen molar-refractivity contribution in [2.45, 2.75) is 31.6 Å². The van der Waals surface area contributed by atoms with Crippen molar-refractivity contribution in [3.8, 4) is 0 Å². The summed E-state index contributed by atoms with van der Waals surface area (Å²) in [4.78, 5) is 29.3. The Hall–Kier alpha value is -3.20. The van der Waals surface area contributed by atoms with Crippen molar-refractivity contribution < 1.29 is 9.59 Å². The molecule has 0 saturated carbocycles. The molecule has 7 rings (SSSR count). The molecule has 2 unspecified atom stereocenters. The molecule has 0 spiro atoms. The van der Waals surface area contributed by atoms with Crippen LogP contribution in [-0.2, 0) is 15.0 Å². The minimum atomic E-state index is -0.462. The van der Waals surface area contributed by atoms with E-state index < -0.39 is 5.41 Å². The van der Waals surface area contributed by atoms with Gasteiger partial charge in [-0.05, 0) is 47.2 Å². The molecule has 0 aromatic heterocycles. The molecule has 3 aromatic carbocycles. The molecule has 1 saturated heterocycles. The summed E-state index contributed by atoms with van der Waals surface area (Å²) in [6.07, 6.45) is 0.787. The standard InChI is InChI=1S/C27H23NO2/c1-3-27-19-13-7-5-11-17(19)22(18-12-6-8-14-20(18)27)23-24(27)26(30)28(25(23)29)21-15-9-4-10-16(21)2/h4-15,22-24H,3H2,1-2H3. The van der Waals surface area contributed by atoms with Crippen molar-refractivity contribution in [1.82, 2.24) is 0 Å². The van der Waals surface area contributed by atoms with Crippen molar-refractivity contribution in [2.24, 2.45) is 11.8 Å². The molecule has 2 bridgehead atoms. The number of aryl methyl sites for hydroxylation is 1. The van der Waals surface area contributed by atoms with Crippen molar-refractivity contribution in [3.05, 3.63) is 101 Å². The van der Waals surface area contributed by atoms with Crippen molar-refractivity contribution in [1.29, 1.82) is 0 Å². The Kier molecular flexibility index (Phi) is 3.48. The fourth-order valence-corrected chi connectivity index (χ4v) is 6.58. The van der Waals surface area contributed by atoms with Crippen LogP contribution < -0.4 is 4.90 Å². The quantitative estimate of drug-likeness (QED) is 0.578. The Morgan fingerprint density at radius 1 is 0.800 bits per heavy atom. The topological polar surface area (TPSA) is 37.4 Å². The Balaban J connectivity index is 1.66. The number of hydrogen-bond acceptors (Lipinski definition) is 2. The second-order valence-corrected chi connectivity index (χ2v) is 8.78. The second kappa shape index (κ2) is 5.91. The van der Waals surface area contributed by atoms with Crippen LogP contribution in [0.25, 0.3) is 0 Å². The minimum Gasteiger partial charge on any atom is -0.274 e. The normalized spacial score (nSPS) is 28.3. The number of amides is 2. The third kappa shape index (κ3) is 1.86. The molecule has 4 aliphatic rings. The maximum atomic E-state index is 14.0. The van der Waals surface area contributed by atoms with Gasteiger partial charge in [0, 0.05) is 11.3 Å². The number of nitrogens with zero attached hydrogens (tertiary/aromatic N) is 1. The lowest BCUT2D eigenvalue weighted by atomic mass is 9.46. The van der Waals surface area contributed by atoms with Gasteiger partial charge in [-0.15, -0.1) is 0 Å². The first-order valence-electron chi connectivity index (χ1n) is 10.7. The van der Waals surface area contributed by atoms with E-state index in [1.165, 1.54) is 27.2 Å². The van der Waals surface area contributed by atoms with Crippen LogP contribution in [0.1, 0.15) is 47.1 Å². The van der Waals surface area contributed by atoms with E-state index >= 15 is 0 Å². The van der Waals surface area contributed by atoms with Crippen LogP contribution >= 0.6 is 0 Å². The third-order valence-corrected chi connectivity index (χ3v) is 7.71. The monoisotopic (exact) mass is 393 g/mol. The summed E-state index contributed by atoms with van der Waals surface area (Å²) in [5.41, 5.74) is 6.10. The van der Waals surface area contributed by atoms with E-state index in [2.05, 4.69) is 55.5 Å². The predicted octanol–water partition coefficient (Wildman–Crippen LogP) is 4.96. The first-order valence-corrected chi connectivity index (χ1v) is 10.7.